The molecule has 0 bridgehead atoms. The van der Waals surface area contributed by atoms with Crippen LogP contribution in [0.3, 0.4) is 0 Å². The fourth-order valence-electron chi connectivity index (χ4n) is 4.56. The summed E-state index contributed by atoms with van der Waals surface area (Å²) in [7, 11) is 1.21. The molecule has 0 unspecified atom stereocenters. The minimum Gasteiger partial charge on any atom is -0.497 e. The maximum absolute atomic E-state index is 13.5. The van der Waals surface area contributed by atoms with Gasteiger partial charge in [-0.1, -0.05) is 18.2 Å². The Kier molecular flexibility index (Phi) is 10.9. The van der Waals surface area contributed by atoms with Crippen molar-refractivity contribution in [1.29, 1.82) is 0 Å². The molecule has 1 heterocycles. The van der Waals surface area contributed by atoms with E-state index < -0.39 is 65.9 Å². The quantitative estimate of drug-likeness (QED) is 0.107. The van der Waals surface area contributed by atoms with Gasteiger partial charge in [0.25, 0.3) is 5.91 Å². The summed E-state index contributed by atoms with van der Waals surface area (Å²) in [4.78, 5) is 53.9. The molecule has 0 fully saturated rings. The highest BCUT2D eigenvalue weighted by Gasteiger charge is 2.37. The number of methoxy groups -OCH3 is 1. The molecule has 0 radical (unpaired) electrons. The van der Waals surface area contributed by atoms with Gasteiger partial charge in [0.05, 0.1) is 24.7 Å². The zero-order chi connectivity index (χ0) is 35.9. The summed E-state index contributed by atoms with van der Waals surface area (Å²) in [5, 5.41) is 11.8. The lowest BCUT2D eigenvalue weighted by Gasteiger charge is -2.21. The van der Waals surface area contributed by atoms with Gasteiger partial charge in [0.1, 0.15) is 18.0 Å². The normalized spacial score (nSPS) is 11.4. The molecule has 4 aromatic rings. The Morgan fingerprint density at radius 2 is 1.51 bits per heavy atom. The highest BCUT2D eigenvalue weighted by atomic mass is 19.4. The van der Waals surface area contributed by atoms with Crippen LogP contribution in [0.25, 0.3) is 0 Å². The number of carbonyl (C=O) groups excluding carboxylic acids is 3. The number of aliphatic carboxylic acids is 1. The molecule has 49 heavy (non-hydrogen) atoms. The molecule has 2 amide bonds. The first-order valence-electron chi connectivity index (χ1n) is 14.0. The molecule has 0 aliphatic heterocycles. The summed E-state index contributed by atoms with van der Waals surface area (Å²) in [5.74, 6) is -4.28. The molecular formula is C33H25F6N3O7. The number of nitrogens with zero attached hydrogens (tertiary/aromatic N) is 2. The molecule has 4 rings (SSSR count). The van der Waals surface area contributed by atoms with Gasteiger partial charge in [-0.3, -0.25) is 19.4 Å². The summed E-state index contributed by atoms with van der Waals surface area (Å²) in [6, 6.07) is 15.8. The van der Waals surface area contributed by atoms with E-state index in [1.54, 1.807) is 0 Å². The Balaban J connectivity index is 1.41. The molecule has 3 aromatic carbocycles. The van der Waals surface area contributed by atoms with Crippen LogP contribution in [0.2, 0.25) is 0 Å². The number of alkyl halides is 6. The number of rotatable bonds is 11. The van der Waals surface area contributed by atoms with E-state index in [1.807, 2.05) is 0 Å². The van der Waals surface area contributed by atoms with Crippen LogP contribution in [-0.4, -0.2) is 52.4 Å². The monoisotopic (exact) mass is 689 g/mol. The number of hydrogen-bond acceptors (Lipinski definition) is 7. The largest absolute Gasteiger partial charge is 0.497 e. The number of halogens is 6. The molecule has 0 atom stereocenters. The van der Waals surface area contributed by atoms with Gasteiger partial charge in [0.15, 0.2) is 5.69 Å². The van der Waals surface area contributed by atoms with Crippen LogP contribution in [0.15, 0.2) is 85.1 Å². The van der Waals surface area contributed by atoms with Crippen molar-refractivity contribution in [3.63, 3.8) is 0 Å². The van der Waals surface area contributed by atoms with E-state index in [1.165, 1.54) is 61.7 Å². The molecule has 0 aliphatic carbocycles. The third-order valence-electron chi connectivity index (χ3n) is 6.81. The molecule has 10 nitrogen and oxygen atoms in total. The van der Waals surface area contributed by atoms with Crippen LogP contribution >= 0.6 is 0 Å². The summed E-state index contributed by atoms with van der Waals surface area (Å²) in [6.07, 6.45) is -9.35. The Morgan fingerprint density at radius 1 is 0.857 bits per heavy atom. The second-order valence-corrected chi connectivity index (χ2v) is 10.3. The molecule has 0 spiro atoms. The zero-order valence-electron chi connectivity index (χ0n) is 25.3. The van der Waals surface area contributed by atoms with Gasteiger partial charge in [0, 0.05) is 24.0 Å². The van der Waals surface area contributed by atoms with Gasteiger partial charge in [-0.25, -0.2) is 4.79 Å². The number of esters is 1. The third kappa shape index (κ3) is 9.56. The molecule has 0 saturated heterocycles. The molecule has 0 saturated carbocycles. The number of carboxylic acid groups (broad SMARTS) is 1. The lowest BCUT2D eigenvalue weighted by atomic mass is 10.0. The van der Waals surface area contributed by atoms with E-state index in [2.05, 4.69) is 10.3 Å². The van der Waals surface area contributed by atoms with Crippen molar-refractivity contribution in [1.82, 2.24) is 9.88 Å². The molecule has 0 aliphatic rings. The topological polar surface area (TPSA) is 135 Å². The van der Waals surface area contributed by atoms with Crippen molar-refractivity contribution >= 4 is 29.4 Å². The lowest BCUT2D eigenvalue weighted by molar-refractivity contribution is -0.142. The summed E-state index contributed by atoms with van der Waals surface area (Å²) >= 11 is 0. The fourth-order valence-corrected chi connectivity index (χ4v) is 4.56. The maximum Gasteiger partial charge on any atom is 0.434 e. The van der Waals surface area contributed by atoms with Crippen molar-refractivity contribution < 1.29 is 60.1 Å². The number of hydrogen-bond donors (Lipinski definition) is 2. The first kappa shape index (κ1) is 35.9. The second kappa shape index (κ2) is 14.9. The van der Waals surface area contributed by atoms with E-state index in [0.717, 1.165) is 35.4 Å². The molecule has 1 aromatic heterocycles. The van der Waals surface area contributed by atoms with E-state index in [4.69, 9.17) is 9.47 Å². The average molecular weight is 690 g/mol. The molecule has 16 heteroatoms. The van der Waals surface area contributed by atoms with Gasteiger partial charge in [-0.2, -0.15) is 26.3 Å². The SMILES string of the molecule is COc1ccc(CC(=O)Nc2ccc(C(=O)N(CC(=O)O)Cc3ccc(OC(=O)c4cccnc4C(F)(F)F)cc3)cc2)c(C(F)(F)F)c1. The van der Waals surface area contributed by atoms with E-state index >= 15 is 0 Å². The van der Waals surface area contributed by atoms with E-state index in [9.17, 15) is 50.6 Å². The van der Waals surface area contributed by atoms with Crippen LogP contribution in [0, 0.1) is 0 Å². The first-order chi connectivity index (χ1) is 23.0. The van der Waals surface area contributed by atoms with Crippen molar-refractivity contribution in [3.05, 3.63) is 119 Å². The molecule has 256 valence electrons. The summed E-state index contributed by atoms with van der Waals surface area (Å²) in [5.41, 5.74) is -2.95. The van der Waals surface area contributed by atoms with Gasteiger partial charge >= 0.3 is 24.3 Å². The maximum atomic E-state index is 13.5. The average Bonchev–Trinajstić information content (AvgIpc) is 3.04. The third-order valence-corrected chi connectivity index (χ3v) is 6.81. The molecular weight excluding hydrogens is 664 g/mol. The zero-order valence-corrected chi connectivity index (χ0v) is 25.3. The minimum atomic E-state index is -4.89. The van der Waals surface area contributed by atoms with Gasteiger partial charge in [0.2, 0.25) is 5.91 Å². The number of ether oxygens (including phenoxy) is 2. The van der Waals surface area contributed by atoms with Crippen LogP contribution in [0.4, 0.5) is 32.0 Å². The van der Waals surface area contributed by atoms with Crippen LogP contribution in [0.5, 0.6) is 11.5 Å². The van der Waals surface area contributed by atoms with Gasteiger partial charge < -0.3 is 24.8 Å². The number of carbonyl (C=O) groups is 4. The Hall–Kier alpha value is -5.93. The van der Waals surface area contributed by atoms with Crippen LogP contribution < -0.4 is 14.8 Å². The van der Waals surface area contributed by atoms with Crippen molar-refractivity contribution in [2.75, 3.05) is 19.0 Å². The molecule has 2 N–H and O–H groups in total. The standard InChI is InChI=1S/C33H25F6N3O7/c1-48-24-13-8-21(26(16-24)32(34,35)36)15-27(43)41-22-9-6-20(7-10-22)30(46)42(18-28(44)45)17-19-4-11-23(12-5-19)49-31(47)25-3-2-14-40-29(25)33(37,38)39/h2-14,16H,15,17-18H2,1H3,(H,41,43)(H,44,45). The lowest BCUT2D eigenvalue weighted by Crippen LogP contribution is -2.35. The van der Waals surface area contributed by atoms with Gasteiger partial charge in [-0.15, -0.1) is 0 Å². The summed E-state index contributed by atoms with van der Waals surface area (Å²) in [6.45, 7) is -0.958. The van der Waals surface area contributed by atoms with E-state index in [0.29, 0.717) is 5.56 Å². The summed E-state index contributed by atoms with van der Waals surface area (Å²) < 4.78 is 90.0. The highest BCUT2D eigenvalue weighted by molar-refractivity contribution is 5.97. The Labute approximate surface area is 273 Å². The highest BCUT2D eigenvalue weighted by Crippen LogP contribution is 2.35. The Bertz CT molecular complexity index is 1840. The van der Waals surface area contributed by atoms with Crippen molar-refractivity contribution in [3.8, 4) is 11.5 Å². The predicted octanol–water partition coefficient (Wildman–Crippen LogP) is 6.26. The Morgan fingerprint density at radius 3 is 2.10 bits per heavy atom. The fraction of sp³-hybridized carbons (Fsp3) is 0.182. The van der Waals surface area contributed by atoms with Crippen molar-refractivity contribution in [2.24, 2.45) is 0 Å². The van der Waals surface area contributed by atoms with E-state index in [-0.39, 0.29) is 34.9 Å². The van der Waals surface area contributed by atoms with Gasteiger partial charge in [-0.05, 0) is 71.8 Å². The van der Waals surface area contributed by atoms with Crippen LogP contribution in [-0.2, 0) is 34.9 Å². The number of anilines is 1. The number of aromatic nitrogens is 1. The predicted molar refractivity (Wildman–Crippen MR) is 160 cm³/mol. The first-order valence-corrected chi connectivity index (χ1v) is 14.0. The van der Waals surface area contributed by atoms with Crippen molar-refractivity contribution in [2.45, 2.75) is 25.3 Å². The number of carboxylic acids is 1. The number of benzene rings is 3. The number of amides is 2. The number of nitrogens with one attached hydrogen (secondary N) is 1. The second-order valence-electron chi connectivity index (χ2n) is 10.3. The van der Waals surface area contributed by atoms with Crippen LogP contribution in [0.1, 0.15) is 43.1 Å². The minimum absolute atomic E-state index is 0.0243. The number of pyridine rings is 1. The smallest absolute Gasteiger partial charge is 0.434 e.